The van der Waals surface area contributed by atoms with Gasteiger partial charge in [-0.15, -0.1) is 5.73 Å². The van der Waals surface area contributed by atoms with Crippen LogP contribution in [0, 0.1) is 12.8 Å². The van der Waals surface area contributed by atoms with Gasteiger partial charge in [0, 0.05) is 10.0 Å². The van der Waals surface area contributed by atoms with Crippen molar-refractivity contribution in [1.82, 2.24) is 0 Å². The summed E-state index contributed by atoms with van der Waals surface area (Å²) in [5.74, 6) is 0.697. The van der Waals surface area contributed by atoms with E-state index < -0.39 is 0 Å². The van der Waals surface area contributed by atoms with Gasteiger partial charge < -0.3 is 0 Å². The molecule has 1 saturated carbocycles. The van der Waals surface area contributed by atoms with Crippen LogP contribution in [0.3, 0.4) is 0 Å². The van der Waals surface area contributed by atoms with Crippen LogP contribution in [-0.2, 0) is 0 Å². The Labute approximate surface area is 129 Å². The Bertz CT molecular complexity index is 669. The molecule has 20 heavy (non-hydrogen) atoms. The van der Waals surface area contributed by atoms with Gasteiger partial charge in [0.2, 0.25) is 0 Å². The van der Waals surface area contributed by atoms with Crippen molar-refractivity contribution in [2.75, 3.05) is 0 Å². The lowest BCUT2D eigenvalue weighted by Crippen LogP contribution is -1.89. The molecule has 100 valence electrons. The van der Waals surface area contributed by atoms with E-state index in [0.29, 0.717) is 5.92 Å². The summed E-state index contributed by atoms with van der Waals surface area (Å²) in [6.45, 7) is 2.18. The maximum atomic E-state index is 3.55. The van der Waals surface area contributed by atoms with Gasteiger partial charge in [-0.25, -0.2) is 0 Å². The van der Waals surface area contributed by atoms with Gasteiger partial charge in [-0.1, -0.05) is 52.3 Å². The van der Waals surface area contributed by atoms with Crippen molar-refractivity contribution in [3.63, 3.8) is 0 Å². The molecule has 2 aromatic carbocycles. The van der Waals surface area contributed by atoms with Gasteiger partial charge in [0.15, 0.2) is 0 Å². The Kier molecular flexibility index (Phi) is 3.91. The summed E-state index contributed by atoms with van der Waals surface area (Å²) in [6.07, 6.45) is 4.70. The molecule has 0 atom stereocenters. The lowest BCUT2D eigenvalue weighted by atomic mass is 9.97. The molecule has 1 fully saturated rings. The average Bonchev–Trinajstić information content (AvgIpc) is 3.28. The molecule has 0 unspecified atom stereocenters. The fourth-order valence-corrected chi connectivity index (χ4v) is 2.65. The van der Waals surface area contributed by atoms with Gasteiger partial charge in [-0.2, -0.15) is 0 Å². The average molecular weight is 325 g/mol. The molecule has 2 aromatic rings. The van der Waals surface area contributed by atoms with Crippen LogP contribution < -0.4 is 0 Å². The molecule has 0 N–H and O–H groups in total. The van der Waals surface area contributed by atoms with E-state index in [4.69, 9.17) is 0 Å². The lowest BCUT2D eigenvalue weighted by molar-refractivity contribution is 1.14. The summed E-state index contributed by atoms with van der Waals surface area (Å²) in [5, 5.41) is 0. The van der Waals surface area contributed by atoms with Crippen LogP contribution in [0.2, 0.25) is 0 Å². The van der Waals surface area contributed by atoms with Crippen molar-refractivity contribution < 1.29 is 0 Å². The monoisotopic (exact) mass is 324 g/mol. The van der Waals surface area contributed by atoms with Gasteiger partial charge in [0.1, 0.15) is 0 Å². The highest BCUT2D eigenvalue weighted by atomic mass is 79.9. The van der Waals surface area contributed by atoms with Crippen LogP contribution in [0.1, 0.15) is 29.5 Å². The third-order valence-electron chi connectivity index (χ3n) is 3.69. The zero-order chi connectivity index (χ0) is 13.9. The zero-order valence-electron chi connectivity index (χ0n) is 11.6. The Hall–Kier alpha value is -1.56. The Balaban J connectivity index is 2.00. The highest BCUT2D eigenvalue weighted by Gasteiger charge is 2.27. The van der Waals surface area contributed by atoms with Crippen LogP contribution in [0.15, 0.2) is 58.7 Å². The van der Waals surface area contributed by atoms with Crippen molar-refractivity contribution in [1.29, 1.82) is 0 Å². The molecule has 0 heterocycles. The largest absolute Gasteiger partial charge is 0.116 e. The topological polar surface area (TPSA) is 0 Å². The molecule has 0 aliphatic heterocycles. The van der Waals surface area contributed by atoms with Gasteiger partial charge in [-0.3, -0.25) is 0 Å². The first-order chi connectivity index (χ1) is 9.74. The summed E-state index contributed by atoms with van der Waals surface area (Å²) < 4.78 is 1.11. The molecule has 0 aromatic heterocycles. The van der Waals surface area contributed by atoms with Crippen LogP contribution in [0.4, 0.5) is 0 Å². The third-order valence-corrected chi connectivity index (χ3v) is 4.21. The van der Waals surface area contributed by atoms with Crippen molar-refractivity contribution >= 4 is 27.6 Å². The minimum atomic E-state index is 0.697. The molecule has 0 nitrogen and oxygen atoms in total. The van der Waals surface area contributed by atoms with Crippen LogP contribution in [0.25, 0.3) is 11.6 Å². The standard InChI is InChI=1S/C19H17Br/c1-14-4-2-3-5-18(14)19(16-9-10-16)13-8-15-6-11-17(20)12-7-15/h2-8,11-12,16H,9-10H2,1H3. The zero-order valence-corrected chi connectivity index (χ0v) is 13.2. The first-order valence-corrected chi connectivity index (χ1v) is 7.81. The molecule has 0 amide bonds. The number of hydrogen-bond acceptors (Lipinski definition) is 0. The fourth-order valence-electron chi connectivity index (χ4n) is 2.38. The van der Waals surface area contributed by atoms with E-state index in [1.54, 1.807) is 0 Å². The quantitative estimate of drug-likeness (QED) is 0.620. The number of halogens is 1. The van der Waals surface area contributed by atoms with E-state index in [1.165, 1.54) is 35.1 Å². The summed E-state index contributed by atoms with van der Waals surface area (Å²) >= 11 is 3.47. The lowest BCUT2D eigenvalue weighted by Gasteiger charge is -2.07. The number of allylic oxidation sites excluding steroid dienone is 1. The predicted molar refractivity (Wildman–Crippen MR) is 89.4 cm³/mol. The van der Waals surface area contributed by atoms with E-state index in [1.807, 2.05) is 0 Å². The summed E-state index contributed by atoms with van der Waals surface area (Å²) in [4.78, 5) is 0. The molecule has 1 heteroatoms. The van der Waals surface area contributed by atoms with E-state index >= 15 is 0 Å². The SMILES string of the molecule is Cc1ccccc1C(=C=Cc1ccc(Br)cc1)C1CC1. The van der Waals surface area contributed by atoms with Crippen molar-refractivity contribution in [2.45, 2.75) is 19.8 Å². The van der Waals surface area contributed by atoms with E-state index in [0.717, 1.165) is 4.47 Å². The van der Waals surface area contributed by atoms with Crippen molar-refractivity contribution in [3.8, 4) is 0 Å². The highest BCUT2D eigenvalue weighted by Crippen LogP contribution is 2.42. The minimum absolute atomic E-state index is 0.697. The van der Waals surface area contributed by atoms with Gasteiger partial charge in [0.05, 0.1) is 0 Å². The maximum Gasteiger partial charge on any atom is 0.0175 e. The van der Waals surface area contributed by atoms with E-state index in [9.17, 15) is 0 Å². The Morgan fingerprint density at radius 3 is 2.45 bits per heavy atom. The summed E-state index contributed by atoms with van der Waals surface area (Å²) in [7, 11) is 0. The van der Waals surface area contributed by atoms with Crippen molar-refractivity contribution in [2.24, 2.45) is 5.92 Å². The summed E-state index contributed by atoms with van der Waals surface area (Å²) in [6, 6.07) is 17.0. The van der Waals surface area contributed by atoms with E-state index in [-0.39, 0.29) is 0 Å². The molecule has 1 aliphatic carbocycles. The Morgan fingerprint density at radius 1 is 1.10 bits per heavy atom. The molecular weight excluding hydrogens is 308 g/mol. The number of benzene rings is 2. The molecule has 3 rings (SSSR count). The number of rotatable bonds is 3. The molecule has 1 aliphatic rings. The molecule has 0 radical (unpaired) electrons. The number of hydrogen-bond donors (Lipinski definition) is 0. The first-order valence-electron chi connectivity index (χ1n) is 7.02. The fraction of sp³-hybridized carbons (Fsp3) is 0.211. The smallest absolute Gasteiger partial charge is 0.0175 e. The maximum absolute atomic E-state index is 3.55. The van der Waals surface area contributed by atoms with Crippen molar-refractivity contribution in [3.05, 3.63) is 75.4 Å². The highest BCUT2D eigenvalue weighted by molar-refractivity contribution is 9.10. The van der Waals surface area contributed by atoms with Crippen LogP contribution in [-0.4, -0.2) is 0 Å². The molecular formula is C19H17Br. The summed E-state index contributed by atoms with van der Waals surface area (Å²) in [5.41, 5.74) is 8.80. The second-order valence-corrected chi connectivity index (χ2v) is 6.26. The van der Waals surface area contributed by atoms with Gasteiger partial charge >= 0.3 is 0 Å². The second kappa shape index (κ2) is 5.83. The molecule has 0 saturated heterocycles. The van der Waals surface area contributed by atoms with Gasteiger partial charge in [-0.05, 0) is 60.6 Å². The third kappa shape index (κ3) is 3.12. The second-order valence-electron chi connectivity index (χ2n) is 5.34. The van der Waals surface area contributed by atoms with Crippen LogP contribution in [0.5, 0.6) is 0 Å². The minimum Gasteiger partial charge on any atom is -0.116 e. The molecule has 0 spiro atoms. The molecule has 0 bridgehead atoms. The first kappa shape index (κ1) is 13.4. The van der Waals surface area contributed by atoms with Gasteiger partial charge in [0.25, 0.3) is 0 Å². The van der Waals surface area contributed by atoms with E-state index in [2.05, 4.69) is 83.2 Å². The van der Waals surface area contributed by atoms with Crippen LogP contribution >= 0.6 is 15.9 Å². The number of aryl methyl sites for hydroxylation is 1. The predicted octanol–water partition coefficient (Wildman–Crippen LogP) is 5.86. The Morgan fingerprint density at radius 2 is 1.80 bits per heavy atom. The normalized spacial score (nSPS) is 13.7.